The molecule has 0 aliphatic carbocycles. The summed E-state index contributed by atoms with van der Waals surface area (Å²) in [5.41, 5.74) is 1.53. The molecule has 0 saturated heterocycles. The molecule has 21 heavy (non-hydrogen) atoms. The second kappa shape index (κ2) is 6.39. The minimum Gasteiger partial charge on any atom is -0.360 e. The lowest BCUT2D eigenvalue weighted by molar-refractivity contribution is -0.112. The van der Waals surface area contributed by atoms with Crippen molar-refractivity contribution in [2.75, 3.05) is 10.6 Å². The Morgan fingerprint density at radius 1 is 1.38 bits per heavy atom. The third-order valence-corrected chi connectivity index (χ3v) is 2.75. The van der Waals surface area contributed by atoms with Crippen molar-refractivity contribution >= 4 is 17.4 Å². The van der Waals surface area contributed by atoms with Gasteiger partial charge in [-0.1, -0.05) is 23.4 Å². The van der Waals surface area contributed by atoms with Crippen LogP contribution in [0.4, 0.5) is 11.5 Å². The van der Waals surface area contributed by atoms with E-state index in [1.54, 1.807) is 19.1 Å². The third-order valence-electron chi connectivity index (χ3n) is 2.75. The van der Waals surface area contributed by atoms with Gasteiger partial charge in [0, 0.05) is 18.0 Å². The van der Waals surface area contributed by atoms with Crippen molar-refractivity contribution in [3.8, 4) is 6.07 Å². The van der Waals surface area contributed by atoms with Crippen LogP contribution in [0.25, 0.3) is 0 Å². The van der Waals surface area contributed by atoms with E-state index < -0.39 is 5.91 Å². The van der Waals surface area contributed by atoms with Gasteiger partial charge in [0.05, 0.1) is 0 Å². The maximum Gasteiger partial charge on any atom is 0.267 e. The Hall–Kier alpha value is -3.07. The quantitative estimate of drug-likeness (QED) is 0.664. The van der Waals surface area contributed by atoms with Crippen molar-refractivity contribution in [1.82, 2.24) is 5.16 Å². The van der Waals surface area contributed by atoms with E-state index in [-0.39, 0.29) is 5.57 Å². The van der Waals surface area contributed by atoms with E-state index >= 15 is 0 Å². The van der Waals surface area contributed by atoms with Crippen LogP contribution >= 0.6 is 0 Å². The van der Waals surface area contributed by atoms with Crippen LogP contribution in [0.15, 0.2) is 46.6 Å². The van der Waals surface area contributed by atoms with E-state index in [1.165, 1.54) is 6.20 Å². The lowest BCUT2D eigenvalue weighted by atomic mass is 10.2. The smallest absolute Gasteiger partial charge is 0.267 e. The van der Waals surface area contributed by atoms with Gasteiger partial charge in [-0.2, -0.15) is 5.26 Å². The Morgan fingerprint density at radius 3 is 2.76 bits per heavy atom. The second-order valence-electron chi connectivity index (χ2n) is 4.41. The number of para-hydroxylation sites is 1. The van der Waals surface area contributed by atoms with Gasteiger partial charge in [-0.05, 0) is 25.5 Å². The molecule has 2 aromatic rings. The molecule has 6 nitrogen and oxygen atoms in total. The minimum absolute atomic E-state index is 0.0566. The van der Waals surface area contributed by atoms with E-state index in [0.717, 1.165) is 5.56 Å². The number of nitrogens with zero attached hydrogens (tertiary/aromatic N) is 2. The van der Waals surface area contributed by atoms with E-state index in [9.17, 15) is 4.79 Å². The molecule has 6 heteroatoms. The molecule has 0 fully saturated rings. The number of carbonyl (C=O) groups excluding carboxylic acids is 1. The highest BCUT2D eigenvalue weighted by Crippen LogP contribution is 2.14. The number of rotatable bonds is 4. The monoisotopic (exact) mass is 282 g/mol. The topological polar surface area (TPSA) is 91.0 Å². The maximum atomic E-state index is 12.0. The summed E-state index contributed by atoms with van der Waals surface area (Å²) in [6.07, 6.45) is 1.30. The van der Waals surface area contributed by atoms with Crippen molar-refractivity contribution in [1.29, 1.82) is 5.26 Å². The molecule has 1 amide bonds. The van der Waals surface area contributed by atoms with Gasteiger partial charge in [0.25, 0.3) is 5.91 Å². The summed E-state index contributed by atoms with van der Waals surface area (Å²) in [5, 5.41) is 18.2. The van der Waals surface area contributed by atoms with Crippen molar-refractivity contribution in [3.05, 3.63) is 53.4 Å². The average Bonchev–Trinajstić information content (AvgIpc) is 2.88. The first kappa shape index (κ1) is 14.3. The van der Waals surface area contributed by atoms with E-state index in [0.29, 0.717) is 17.3 Å². The predicted molar refractivity (Wildman–Crippen MR) is 78.4 cm³/mol. The van der Waals surface area contributed by atoms with Gasteiger partial charge < -0.3 is 15.2 Å². The van der Waals surface area contributed by atoms with Crippen molar-refractivity contribution in [3.63, 3.8) is 0 Å². The van der Waals surface area contributed by atoms with Gasteiger partial charge in [0.2, 0.25) is 0 Å². The summed E-state index contributed by atoms with van der Waals surface area (Å²) in [7, 11) is 0. The van der Waals surface area contributed by atoms with Gasteiger partial charge in [0.1, 0.15) is 17.4 Å². The largest absolute Gasteiger partial charge is 0.360 e. The molecule has 0 saturated carbocycles. The maximum absolute atomic E-state index is 12.0. The molecule has 0 bridgehead atoms. The standard InChI is InChI=1S/C15H14N4O2/c1-10-5-3-4-6-13(10)18-15(20)12(8-16)9-17-14-7-11(2)21-19-14/h3-7,9H,1-2H3,(H,17,19)(H,18,20)/b12-9-. The average molecular weight is 282 g/mol. The van der Waals surface area contributed by atoms with Crippen LogP contribution in [0, 0.1) is 25.2 Å². The molecule has 2 rings (SSSR count). The molecule has 0 aliphatic heterocycles. The van der Waals surface area contributed by atoms with Gasteiger partial charge in [-0.25, -0.2) is 0 Å². The number of hydrogen-bond acceptors (Lipinski definition) is 5. The molecule has 1 aromatic carbocycles. The highest BCUT2D eigenvalue weighted by molar-refractivity contribution is 6.07. The van der Waals surface area contributed by atoms with Crippen LogP contribution in [-0.2, 0) is 4.79 Å². The number of nitrogens with one attached hydrogen (secondary N) is 2. The molecule has 106 valence electrons. The molecule has 0 atom stereocenters. The lowest BCUT2D eigenvalue weighted by Gasteiger charge is -2.07. The Morgan fingerprint density at radius 2 is 2.14 bits per heavy atom. The fraction of sp³-hybridized carbons (Fsp3) is 0.133. The predicted octanol–water partition coefficient (Wildman–Crippen LogP) is 2.75. The molecule has 0 radical (unpaired) electrons. The molecule has 1 aromatic heterocycles. The lowest BCUT2D eigenvalue weighted by Crippen LogP contribution is -2.15. The molecule has 0 aliphatic rings. The zero-order chi connectivity index (χ0) is 15.2. The summed E-state index contributed by atoms with van der Waals surface area (Å²) in [6, 6.07) is 10.8. The van der Waals surface area contributed by atoms with Gasteiger partial charge >= 0.3 is 0 Å². The van der Waals surface area contributed by atoms with Crippen molar-refractivity contribution < 1.29 is 9.32 Å². The van der Waals surface area contributed by atoms with Crippen LogP contribution in [0.3, 0.4) is 0 Å². The summed E-state index contributed by atoms with van der Waals surface area (Å²) >= 11 is 0. The summed E-state index contributed by atoms with van der Waals surface area (Å²) in [6.45, 7) is 3.62. The number of anilines is 2. The second-order valence-corrected chi connectivity index (χ2v) is 4.41. The number of benzene rings is 1. The van der Waals surface area contributed by atoms with Gasteiger partial charge in [0.15, 0.2) is 5.82 Å². The number of amides is 1. The van der Waals surface area contributed by atoms with Gasteiger partial charge in [-0.3, -0.25) is 4.79 Å². The zero-order valence-electron chi connectivity index (χ0n) is 11.7. The molecular formula is C15H14N4O2. The SMILES string of the molecule is Cc1cc(N/C=C(/C#N)C(=O)Nc2ccccc2C)no1. The Balaban J connectivity index is 2.08. The molecule has 1 heterocycles. The highest BCUT2D eigenvalue weighted by atomic mass is 16.5. The Labute approximate surface area is 122 Å². The van der Waals surface area contributed by atoms with Crippen molar-refractivity contribution in [2.24, 2.45) is 0 Å². The molecular weight excluding hydrogens is 268 g/mol. The number of aromatic nitrogens is 1. The first-order valence-electron chi connectivity index (χ1n) is 6.27. The highest BCUT2D eigenvalue weighted by Gasteiger charge is 2.10. The molecule has 2 N–H and O–H groups in total. The number of aryl methyl sites for hydroxylation is 2. The number of carbonyl (C=O) groups is 1. The normalized spacial score (nSPS) is 10.8. The van der Waals surface area contributed by atoms with Gasteiger partial charge in [-0.15, -0.1) is 0 Å². The fourth-order valence-corrected chi connectivity index (χ4v) is 1.63. The van der Waals surface area contributed by atoms with Crippen LogP contribution in [0.2, 0.25) is 0 Å². The van der Waals surface area contributed by atoms with Crippen LogP contribution in [-0.4, -0.2) is 11.1 Å². The fourth-order valence-electron chi connectivity index (χ4n) is 1.63. The first-order valence-corrected chi connectivity index (χ1v) is 6.27. The van der Waals surface area contributed by atoms with Crippen LogP contribution in [0.5, 0.6) is 0 Å². The third kappa shape index (κ3) is 3.70. The van der Waals surface area contributed by atoms with E-state index in [1.807, 2.05) is 31.2 Å². The minimum atomic E-state index is -0.487. The Kier molecular flexibility index (Phi) is 4.36. The van der Waals surface area contributed by atoms with E-state index in [2.05, 4.69) is 15.8 Å². The molecule has 0 unspecified atom stereocenters. The first-order chi connectivity index (χ1) is 10.1. The summed E-state index contributed by atoms with van der Waals surface area (Å²) in [5.74, 6) is 0.581. The number of nitriles is 1. The van der Waals surface area contributed by atoms with Crippen LogP contribution in [0.1, 0.15) is 11.3 Å². The summed E-state index contributed by atoms with van der Waals surface area (Å²) < 4.78 is 4.88. The Bertz CT molecular complexity index is 725. The number of hydrogen-bond donors (Lipinski definition) is 2. The van der Waals surface area contributed by atoms with Crippen LogP contribution < -0.4 is 10.6 Å². The van der Waals surface area contributed by atoms with E-state index in [4.69, 9.17) is 9.78 Å². The zero-order valence-corrected chi connectivity index (χ0v) is 11.7. The molecule has 0 spiro atoms. The van der Waals surface area contributed by atoms with Crippen molar-refractivity contribution in [2.45, 2.75) is 13.8 Å². The summed E-state index contributed by atoms with van der Waals surface area (Å²) in [4.78, 5) is 12.0.